The number of rotatable bonds is 3. The third-order valence-corrected chi connectivity index (χ3v) is 5.92. The highest BCUT2D eigenvalue weighted by Crippen LogP contribution is 2.41. The van der Waals surface area contributed by atoms with Crippen LogP contribution in [0.4, 0.5) is 13.2 Å². The molecule has 0 N–H and O–H groups in total. The number of methoxy groups -OCH3 is 1. The van der Waals surface area contributed by atoms with Gasteiger partial charge < -0.3 is 9.47 Å². The average molecular weight is 427 g/mol. The lowest BCUT2D eigenvalue weighted by molar-refractivity contribution is -0.137. The first-order chi connectivity index (χ1) is 13.9. The molecular weight excluding hydrogens is 405 g/mol. The van der Waals surface area contributed by atoms with Crippen molar-refractivity contribution in [3.05, 3.63) is 40.5 Å². The van der Waals surface area contributed by atoms with Crippen molar-refractivity contribution in [3.8, 4) is 22.8 Å². The number of alkyl halides is 3. The van der Waals surface area contributed by atoms with E-state index in [4.69, 9.17) is 21.1 Å². The molecule has 1 aliphatic heterocycles. The summed E-state index contributed by atoms with van der Waals surface area (Å²) in [7, 11) is 1.55. The zero-order valence-electron chi connectivity index (χ0n) is 16.1. The quantitative estimate of drug-likeness (QED) is 0.643. The number of nitrogens with zero attached hydrogens (tertiary/aromatic N) is 2. The van der Waals surface area contributed by atoms with Gasteiger partial charge in [-0.25, -0.2) is 0 Å². The van der Waals surface area contributed by atoms with Crippen LogP contribution < -0.4 is 9.47 Å². The number of pyridine rings is 1. The first-order valence-electron chi connectivity index (χ1n) is 9.67. The Bertz CT molecular complexity index is 898. The highest BCUT2D eigenvalue weighted by molar-refractivity contribution is 6.33. The minimum absolute atomic E-state index is 0.0518. The van der Waals surface area contributed by atoms with E-state index < -0.39 is 11.7 Å². The van der Waals surface area contributed by atoms with Crippen LogP contribution in [0.5, 0.6) is 11.5 Å². The Balaban J connectivity index is 1.73. The standard InChI is InChI=1S/C21H22ClF3N2O2/c1-28-18-9-13(19-17(22)10-15(11-26-19)21(23,24)25)8-14-12-27(6-7-29-20(14)18)16-4-2-3-5-16/h8-11,16H,2-7,12H2,1H3. The Morgan fingerprint density at radius 3 is 2.62 bits per heavy atom. The summed E-state index contributed by atoms with van der Waals surface area (Å²) in [6.07, 6.45) is 1.15. The van der Waals surface area contributed by atoms with Crippen LogP contribution in [0.1, 0.15) is 36.8 Å². The number of halogens is 4. The molecule has 0 saturated heterocycles. The zero-order chi connectivity index (χ0) is 20.6. The summed E-state index contributed by atoms with van der Waals surface area (Å²) in [5.74, 6) is 1.21. The van der Waals surface area contributed by atoms with Gasteiger partial charge >= 0.3 is 6.18 Å². The summed E-state index contributed by atoms with van der Waals surface area (Å²) in [5, 5.41) is -0.0518. The second-order valence-electron chi connectivity index (χ2n) is 7.48. The van der Waals surface area contributed by atoms with E-state index in [9.17, 15) is 13.2 Å². The van der Waals surface area contributed by atoms with Gasteiger partial charge in [0.05, 0.1) is 23.4 Å². The maximum absolute atomic E-state index is 12.9. The van der Waals surface area contributed by atoms with Crippen LogP contribution in [0, 0.1) is 0 Å². The molecule has 2 aromatic rings. The maximum Gasteiger partial charge on any atom is 0.417 e. The summed E-state index contributed by atoms with van der Waals surface area (Å²) in [6, 6.07) is 5.05. The van der Waals surface area contributed by atoms with Gasteiger partial charge in [-0.2, -0.15) is 13.2 Å². The summed E-state index contributed by atoms with van der Waals surface area (Å²) in [6.45, 7) is 2.10. The monoisotopic (exact) mass is 426 g/mol. The number of hydrogen-bond acceptors (Lipinski definition) is 4. The van der Waals surface area contributed by atoms with Crippen molar-refractivity contribution in [3.63, 3.8) is 0 Å². The first-order valence-corrected chi connectivity index (χ1v) is 10.1. The van der Waals surface area contributed by atoms with Crippen molar-refractivity contribution < 1.29 is 22.6 Å². The molecule has 0 atom stereocenters. The molecule has 2 aliphatic rings. The fourth-order valence-electron chi connectivity index (χ4n) is 4.18. The van der Waals surface area contributed by atoms with Crippen LogP contribution in [-0.4, -0.2) is 36.2 Å². The van der Waals surface area contributed by atoms with Crippen LogP contribution >= 0.6 is 11.6 Å². The van der Waals surface area contributed by atoms with Gasteiger partial charge in [-0.15, -0.1) is 0 Å². The molecular formula is C21H22ClF3N2O2. The normalized spacial score (nSPS) is 18.2. The highest BCUT2D eigenvalue weighted by Gasteiger charge is 2.32. The van der Waals surface area contributed by atoms with Gasteiger partial charge in [-0.05, 0) is 31.0 Å². The van der Waals surface area contributed by atoms with Gasteiger partial charge in [0.2, 0.25) is 0 Å². The molecule has 4 rings (SSSR count). The maximum atomic E-state index is 12.9. The zero-order valence-corrected chi connectivity index (χ0v) is 16.8. The first kappa shape index (κ1) is 20.3. The number of aromatic nitrogens is 1. The highest BCUT2D eigenvalue weighted by atomic mass is 35.5. The average Bonchev–Trinajstić information content (AvgIpc) is 3.13. The van der Waals surface area contributed by atoms with Crippen LogP contribution in [0.25, 0.3) is 11.3 Å². The van der Waals surface area contributed by atoms with Gasteiger partial charge in [0.1, 0.15) is 6.61 Å². The van der Waals surface area contributed by atoms with Crippen LogP contribution in [0.2, 0.25) is 5.02 Å². The summed E-state index contributed by atoms with van der Waals surface area (Å²) in [4.78, 5) is 6.42. The molecule has 1 aromatic heterocycles. The molecule has 0 spiro atoms. The summed E-state index contributed by atoms with van der Waals surface area (Å²) >= 11 is 6.17. The van der Waals surface area contributed by atoms with Crippen molar-refractivity contribution in [2.24, 2.45) is 0 Å². The fraction of sp³-hybridized carbons (Fsp3) is 0.476. The van der Waals surface area contributed by atoms with Gasteiger partial charge in [0, 0.05) is 36.5 Å². The molecule has 0 amide bonds. The second-order valence-corrected chi connectivity index (χ2v) is 7.88. The molecule has 0 unspecified atom stereocenters. The molecule has 1 saturated carbocycles. The third kappa shape index (κ3) is 4.16. The predicted molar refractivity (Wildman–Crippen MR) is 104 cm³/mol. The molecule has 1 aliphatic carbocycles. The van der Waals surface area contributed by atoms with E-state index in [-0.39, 0.29) is 10.7 Å². The number of benzene rings is 1. The Labute approximate surface area is 172 Å². The summed E-state index contributed by atoms with van der Waals surface area (Å²) in [5.41, 5.74) is 0.957. The molecule has 156 valence electrons. The number of fused-ring (bicyclic) bond motifs is 1. The van der Waals surface area contributed by atoms with Crippen molar-refractivity contribution >= 4 is 11.6 Å². The predicted octanol–water partition coefficient (Wildman–Crippen LogP) is 5.57. The second kappa shape index (κ2) is 8.03. The topological polar surface area (TPSA) is 34.6 Å². The molecule has 8 heteroatoms. The van der Waals surface area contributed by atoms with Crippen LogP contribution in [0.15, 0.2) is 24.4 Å². The lowest BCUT2D eigenvalue weighted by Gasteiger charge is -2.26. The van der Waals surface area contributed by atoms with Crippen molar-refractivity contribution in [1.29, 1.82) is 0 Å². The summed E-state index contributed by atoms with van der Waals surface area (Å²) < 4.78 is 50.3. The smallest absolute Gasteiger partial charge is 0.417 e. The molecule has 1 aromatic carbocycles. The van der Waals surface area contributed by atoms with E-state index in [1.807, 2.05) is 6.07 Å². The number of ether oxygens (including phenoxy) is 2. The van der Waals surface area contributed by atoms with E-state index in [1.165, 1.54) is 25.7 Å². The van der Waals surface area contributed by atoms with Gasteiger partial charge in [0.25, 0.3) is 0 Å². The SMILES string of the molecule is COc1cc(-c2ncc(C(F)(F)F)cc2Cl)cc2c1OCCN(C1CCCC1)C2. The largest absolute Gasteiger partial charge is 0.493 e. The molecule has 29 heavy (non-hydrogen) atoms. The minimum atomic E-state index is -4.49. The molecule has 4 nitrogen and oxygen atoms in total. The van der Waals surface area contributed by atoms with Gasteiger partial charge in [-0.3, -0.25) is 9.88 Å². The van der Waals surface area contributed by atoms with Crippen LogP contribution in [0.3, 0.4) is 0 Å². The Morgan fingerprint density at radius 1 is 1.21 bits per heavy atom. The minimum Gasteiger partial charge on any atom is -0.493 e. The molecule has 0 bridgehead atoms. The van der Waals surface area contributed by atoms with E-state index in [1.54, 1.807) is 13.2 Å². The molecule has 2 heterocycles. The van der Waals surface area contributed by atoms with Crippen LogP contribution in [-0.2, 0) is 12.7 Å². The lowest BCUT2D eigenvalue weighted by atomic mass is 10.0. The lowest BCUT2D eigenvalue weighted by Crippen LogP contribution is -2.34. The Kier molecular flexibility index (Phi) is 5.62. The molecule has 1 fully saturated rings. The van der Waals surface area contributed by atoms with Crippen molar-refractivity contribution in [1.82, 2.24) is 9.88 Å². The fourth-order valence-corrected chi connectivity index (χ4v) is 4.45. The number of hydrogen-bond donors (Lipinski definition) is 0. The van der Waals surface area contributed by atoms with Crippen molar-refractivity contribution in [2.75, 3.05) is 20.3 Å². The molecule has 0 radical (unpaired) electrons. The van der Waals surface area contributed by atoms with E-state index in [0.29, 0.717) is 36.3 Å². The van der Waals surface area contributed by atoms with E-state index in [2.05, 4.69) is 9.88 Å². The Morgan fingerprint density at radius 2 is 1.97 bits per heavy atom. The van der Waals surface area contributed by atoms with Gasteiger partial charge in [-0.1, -0.05) is 24.4 Å². The third-order valence-electron chi connectivity index (χ3n) is 5.63. The Hall–Kier alpha value is -1.99. The van der Waals surface area contributed by atoms with Crippen molar-refractivity contribution in [2.45, 2.75) is 44.4 Å². The van der Waals surface area contributed by atoms with Gasteiger partial charge in [0.15, 0.2) is 11.5 Å². The van der Waals surface area contributed by atoms with E-state index in [0.717, 1.165) is 24.4 Å². The van der Waals surface area contributed by atoms with E-state index >= 15 is 0 Å².